The second-order valence-corrected chi connectivity index (χ2v) is 5.25. The van der Waals surface area contributed by atoms with E-state index in [0.29, 0.717) is 23.7 Å². The molecular weight excluding hydrogens is 313 g/mol. The van der Waals surface area contributed by atoms with Crippen LogP contribution in [0.2, 0.25) is 5.02 Å². The highest BCUT2D eigenvalue weighted by Gasteiger charge is 2.35. The molecule has 2 aromatic carbocycles. The van der Waals surface area contributed by atoms with E-state index in [9.17, 15) is 13.2 Å². The first-order valence-corrected chi connectivity index (χ1v) is 7.16. The number of nitrogens with one attached hydrogen (secondary N) is 1. The first-order chi connectivity index (χ1) is 10.4. The minimum absolute atomic E-state index is 0.172. The van der Waals surface area contributed by atoms with Gasteiger partial charge < -0.3 is 11.1 Å². The van der Waals surface area contributed by atoms with Gasteiger partial charge in [-0.05, 0) is 29.3 Å². The highest BCUT2D eigenvalue weighted by molar-refractivity contribution is 6.30. The molecule has 0 aliphatic rings. The molecular formula is C16H16ClF3N2. The second-order valence-electron chi connectivity index (χ2n) is 4.81. The van der Waals surface area contributed by atoms with Crippen molar-refractivity contribution in [3.05, 3.63) is 70.2 Å². The molecule has 0 aliphatic heterocycles. The average molecular weight is 329 g/mol. The molecule has 3 N–H and O–H groups in total. The monoisotopic (exact) mass is 328 g/mol. The number of nitrogens with two attached hydrogens (primary N) is 1. The van der Waals surface area contributed by atoms with Crippen molar-refractivity contribution in [2.45, 2.75) is 12.2 Å². The van der Waals surface area contributed by atoms with E-state index in [0.717, 1.165) is 6.07 Å². The summed E-state index contributed by atoms with van der Waals surface area (Å²) in [6.45, 7) is 0.734. The molecule has 0 saturated heterocycles. The first-order valence-electron chi connectivity index (χ1n) is 6.78. The Morgan fingerprint density at radius 1 is 1.05 bits per heavy atom. The largest absolute Gasteiger partial charge is 0.416 e. The van der Waals surface area contributed by atoms with Gasteiger partial charge in [-0.2, -0.15) is 13.2 Å². The third-order valence-corrected chi connectivity index (χ3v) is 3.53. The SMILES string of the molecule is NCCN[C@@H](c1ccc(Cl)cc1)c1ccccc1C(F)(F)F. The Morgan fingerprint density at radius 2 is 1.68 bits per heavy atom. The highest BCUT2D eigenvalue weighted by Crippen LogP contribution is 2.36. The molecule has 2 nitrogen and oxygen atoms in total. The van der Waals surface area contributed by atoms with Gasteiger partial charge in [0.05, 0.1) is 11.6 Å². The van der Waals surface area contributed by atoms with Gasteiger partial charge in [-0.1, -0.05) is 41.9 Å². The quantitative estimate of drug-likeness (QED) is 0.870. The number of benzene rings is 2. The lowest BCUT2D eigenvalue weighted by atomic mass is 9.94. The topological polar surface area (TPSA) is 38.0 Å². The standard InChI is InChI=1S/C16H16ClF3N2/c17-12-7-5-11(6-8-12)15(22-10-9-21)13-3-1-2-4-14(13)16(18,19)20/h1-8,15,22H,9-10,21H2/t15-/m0/s1. The van der Waals surface area contributed by atoms with Crippen LogP contribution in [0.5, 0.6) is 0 Å². The Bertz CT molecular complexity index is 612. The van der Waals surface area contributed by atoms with E-state index in [4.69, 9.17) is 17.3 Å². The van der Waals surface area contributed by atoms with Crippen LogP contribution in [0.1, 0.15) is 22.7 Å². The minimum Gasteiger partial charge on any atom is -0.329 e. The molecule has 0 bridgehead atoms. The number of alkyl halides is 3. The zero-order valence-electron chi connectivity index (χ0n) is 11.7. The Labute approximate surface area is 132 Å². The summed E-state index contributed by atoms with van der Waals surface area (Å²) < 4.78 is 39.7. The predicted octanol–water partition coefficient (Wildman–Crippen LogP) is 4.00. The zero-order valence-corrected chi connectivity index (χ0v) is 12.5. The van der Waals surface area contributed by atoms with Gasteiger partial charge in [-0.15, -0.1) is 0 Å². The maximum absolute atomic E-state index is 13.2. The Balaban J connectivity index is 2.48. The van der Waals surface area contributed by atoms with Crippen LogP contribution in [-0.2, 0) is 6.18 Å². The third-order valence-electron chi connectivity index (χ3n) is 3.27. The van der Waals surface area contributed by atoms with E-state index in [1.807, 2.05) is 0 Å². The molecule has 6 heteroatoms. The molecule has 0 saturated carbocycles. The molecule has 1 atom stereocenters. The average Bonchev–Trinajstić information content (AvgIpc) is 2.49. The summed E-state index contributed by atoms with van der Waals surface area (Å²) in [5.41, 5.74) is 5.70. The Kier molecular flexibility index (Phi) is 5.45. The van der Waals surface area contributed by atoms with Crippen LogP contribution in [-0.4, -0.2) is 13.1 Å². The molecule has 0 radical (unpaired) electrons. The van der Waals surface area contributed by atoms with E-state index >= 15 is 0 Å². The van der Waals surface area contributed by atoms with Gasteiger partial charge in [0, 0.05) is 18.1 Å². The van der Waals surface area contributed by atoms with Crippen LogP contribution in [0, 0.1) is 0 Å². The molecule has 2 aromatic rings. The van der Waals surface area contributed by atoms with Gasteiger partial charge in [-0.3, -0.25) is 0 Å². The fourth-order valence-corrected chi connectivity index (χ4v) is 2.42. The van der Waals surface area contributed by atoms with Crippen LogP contribution >= 0.6 is 11.6 Å². The van der Waals surface area contributed by atoms with Gasteiger partial charge in [0.25, 0.3) is 0 Å². The van der Waals surface area contributed by atoms with Crippen LogP contribution in [0.25, 0.3) is 0 Å². The van der Waals surface area contributed by atoms with Crippen LogP contribution in [0.15, 0.2) is 48.5 Å². The Morgan fingerprint density at radius 3 is 2.27 bits per heavy atom. The van der Waals surface area contributed by atoms with Crippen LogP contribution in [0.4, 0.5) is 13.2 Å². The van der Waals surface area contributed by atoms with Gasteiger partial charge >= 0.3 is 6.18 Å². The van der Waals surface area contributed by atoms with E-state index in [1.165, 1.54) is 12.1 Å². The molecule has 0 amide bonds. The molecule has 0 unspecified atom stereocenters. The number of halogens is 4. The molecule has 2 rings (SSSR count). The number of hydrogen-bond acceptors (Lipinski definition) is 2. The molecule has 0 aliphatic carbocycles. The maximum atomic E-state index is 13.2. The van der Waals surface area contributed by atoms with Gasteiger partial charge in [0.15, 0.2) is 0 Å². The van der Waals surface area contributed by atoms with E-state index in [2.05, 4.69) is 5.32 Å². The summed E-state index contributed by atoms with van der Waals surface area (Å²) in [6, 6.07) is 11.7. The van der Waals surface area contributed by atoms with Crippen molar-refractivity contribution in [3.63, 3.8) is 0 Å². The van der Waals surface area contributed by atoms with E-state index < -0.39 is 17.8 Å². The number of rotatable bonds is 5. The summed E-state index contributed by atoms with van der Waals surface area (Å²) in [5, 5.41) is 3.60. The smallest absolute Gasteiger partial charge is 0.329 e. The van der Waals surface area contributed by atoms with Crippen molar-refractivity contribution in [1.82, 2.24) is 5.32 Å². The van der Waals surface area contributed by atoms with Crippen LogP contribution in [0.3, 0.4) is 0 Å². The second kappa shape index (κ2) is 7.13. The fourth-order valence-electron chi connectivity index (χ4n) is 2.30. The fraction of sp³-hybridized carbons (Fsp3) is 0.250. The van der Waals surface area contributed by atoms with Crippen molar-refractivity contribution in [2.24, 2.45) is 5.73 Å². The van der Waals surface area contributed by atoms with Crippen LogP contribution < -0.4 is 11.1 Å². The van der Waals surface area contributed by atoms with Crippen molar-refractivity contribution >= 4 is 11.6 Å². The van der Waals surface area contributed by atoms with E-state index in [1.54, 1.807) is 30.3 Å². The van der Waals surface area contributed by atoms with Crippen molar-refractivity contribution < 1.29 is 13.2 Å². The molecule has 0 heterocycles. The van der Waals surface area contributed by atoms with Gasteiger partial charge in [0.1, 0.15) is 0 Å². The normalized spacial score (nSPS) is 13.1. The number of hydrogen-bond donors (Lipinski definition) is 2. The highest BCUT2D eigenvalue weighted by atomic mass is 35.5. The molecule has 0 fully saturated rings. The summed E-state index contributed by atoms with van der Waals surface area (Å²) in [4.78, 5) is 0. The minimum atomic E-state index is -4.41. The first kappa shape index (κ1) is 16.8. The third kappa shape index (κ3) is 4.00. The van der Waals surface area contributed by atoms with Crippen molar-refractivity contribution in [3.8, 4) is 0 Å². The summed E-state index contributed by atoms with van der Waals surface area (Å²) in [5.74, 6) is 0. The van der Waals surface area contributed by atoms with Gasteiger partial charge in [0.2, 0.25) is 0 Å². The lowest BCUT2D eigenvalue weighted by Gasteiger charge is -2.23. The maximum Gasteiger partial charge on any atom is 0.416 e. The zero-order chi connectivity index (χ0) is 16.2. The lowest BCUT2D eigenvalue weighted by Crippen LogP contribution is -2.29. The summed E-state index contributed by atoms with van der Waals surface area (Å²) >= 11 is 5.85. The lowest BCUT2D eigenvalue weighted by molar-refractivity contribution is -0.138. The van der Waals surface area contributed by atoms with E-state index in [-0.39, 0.29) is 5.56 Å². The van der Waals surface area contributed by atoms with Crippen molar-refractivity contribution in [1.29, 1.82) is 0 Å². The molecule has 118 valence electrons. The molecule has 0 spiro atoms. The van der Waals surface area contributed by atoms with Crippen molar-refractivity contribution in [2.75, 3.05) is 13.1 Å². The molecule has 22 heavy (non-hydrogen) atoms. The van der Waals surface area contributed by atoms with Gasteiger partial charge in [-0.25, -0.2) is 0 Å². The Hall–Kier alpha value is -1.56. The predicted molar refractivity (Wildman–Crippen MR) is 81.8 cm³/mol. The molecule has 0 aromatic heterocycles. The summed E-state index contributed by atoms with van der Waals surface area (Å²) in [6.07, 6.45) is -4.41. The summed E-state index contributed by atoms with van der Waals surface area (Å²) in [7, 11) is 0.